The van der Waals surface area contributed by atoms with Gasteiger partial charge in [-0.1, -0.05) is 12.1 Å². The molecule has 1 aromatic rings. The number of amides is 1. The first-order valence-electron chi connectivity index (χ1n) is 6.94. The van der Waals surface area contributed by atoms with Crippen LogP contribution in [-0.2, 0) is 9.53 Å². The standard InChI is InChI=1S/C15H21NO4/c1-11(2)18-9-5-8-16-15(17)14-10-19-12-6-3-4-7-13(12)20-14/h3-4,6-7,11,14H,5,8-10H2,1-2H3,(H,16,17)/t14-/m0/s1. The number of fused-ring (bicyclic) bond motifs is 1. The number of rotatable bonds is 6. The summed E-state index contributed by atoms with van der Waals surface area (Å²) < 4.78 is 16.5. The Morgan fingerprint density at radius 1 is 1.40 bits per heavy atom. The van der Waals surface area contributed by atoms with Gasteiger partial charge in [-0.25, -0.2) is 0 Å². The summed E-state index contributed by atoms with van der Waals surface area (Å²) in [6.45, 7) is 5.44. The Morgan fingerprint density at radius 3 is 2.90 bits per heavy atom. The molecular weight excluding hydrogens is 258 g/mol. The second kappa shape index (κ2) is 7.14. The molecule has 1 heterocycles. The number of hydrogen-bond donors (Lipinski definition) is 1. The Bertz CT molecular complexity index is 447. The first-order valence-corrected chi connectivity index (χ1v) is 6.94. The number of carbonyl (C=O) groups is 1. The summed E-state index contributed by atoms with van der Waals surface area (Å²) in [5, 5.41) is 2.83. The van der Waals surface area contributed by atoms with Gasteiger partial charge in [0.05, 0.1) is 6.10 Å². The van der Waals surface area contributed by atoms with Crippen LogP contribution in [-0.4, -0.2) is 37.9 Å². The van der Waals surface area contributed by atoms with Gasteiger partial charge >= 0.3 is 0 Å². The first kappa shape index (κ1) is 14.7. The number of ether oxygens (including phenoxy) is 3. The van der Waals surface area contributed by atoms with Gasteiger partial charge in [-0.3, -0.25) is 4.79 Å². The Kier molecular flexibility index (Phi) is 5.24. The highest BCUT2D eigenvalue weighted by Gasteiger charge is 2.26. The van der Waals surface area contributed by atoms with E-state index >= 15 is 0 Å². The smallest absolute Gasteiger partial charge is 0.264 e. The summed E-state index contributed by atoms with van der Waals surface area (Å²) in [6.07, 6.45) is 0.418. The largest absolute Gasteiger partial charge is 0.485 e. The number of nitrogens with one attached hydrogen (secondary N) is 1. The van der Waals surface area contributed by atoms with Crippen molar-refractivity contribution in [2.75, 3.05) is 19.8 Å². The first-order chi connectivity index (χ1) is 9.66. The van der Waals surface area contributed by atoms with Gasteiger partial charge in [-0.2, -0.15) is 0 Å². The summed E-state index contributed by atoms with van der Waals surface area (Å²) in [4.78, 5) is 11.9. The second-order valence-electron chi connectivity index (χ2n) is 4.93. The van der Waals surface area contributed by atoms with Crippen molar-refractivity contribution in [1.82, 2.24) is 5.32 Å². The zero-order chi connectivity index (χ0) is 14.4. The van der Waals surface area contributed by atoms with E-state index in [2.05, 4.69) is 5.32 Å². The maximum Gasteiger partial charge on any atom is 0.264 e. The molecule has 0 bridgehead atoms. The van der Waals surface area contributed by atoms with E-state index in [-0.39, 0.29) is 18.6 Å². The molecule has 0 unspecified atom stereocenters. The number of benzene rings is 1. The molecule has 1 atom stereocenters. The minimum Gasteiger partial charge on any atom is -0.485 e. The van der Waals surface area contributed by atoms with Crippen molar-refractivity contribution in [3.63, 3.8) is 0 Å². The van der Waals surface area contributed by atoms with Gasteiger partial charge in [0.25, 0.3) is 5.91 Å². The average Bonchev–Trinajstić information content (AvgIpc) is 2.46. The molecule has 0 fully saturated rings. The van der Waals surface area contributed by atoms with Gasteiger partial charge in [-0.05, 0) is 32.4 Å². The van der Waals surface area contributed by atoms with Gasteiger partial charge in [-0.15, -0.1) is 0 Å². The van der Waals surface area contributed by atoms with Gasteiger partial charge < -0.3 is 19.5 Å². The van der Waals surface area contributed by atoms with Crippen LogP contribution in [0.25, 0.3) is 0 Å². The molecule has 0 spiro atoms. The third-order valence-electron chi connectivity index (χ3n) is 2.87. The Morgan fingerprint density at radius 2 is 2.15 bits per heavy atom. The van der Waals surface area contributed by atoms with Gasteiger partial charge in [0.15, 0.2) is 11.5 Å². The van der Waals surface area contributed by atoms with E-state index in [9.17, 15) is 4.79 Å². The van der Waals surface area contributed by atoms with E-state index in [4.69, 9.17) is 14.2 Å². The predicted octanol–water partition coefficient (Wildman–Crippen LogP) is 1.76. The van der Waals surface area contributed by atoms with Gasteiger partial charge in [0, 0.05) is 13.2 Å². The Labute approximate surface area is 119 Å². The second-order valence-corrected chi connectivity index (χ2v) is 4.93. The quantitative estimate of drug-likeness (QED) is 0.806. The SMILES string of the molecule is CC(C)OCCCNC(=O)[C@@H]1COc2ccccc2O1. The van der Waals surface area contributed by atoms with Crippen molar-refractivity contribution in [2.24, 2.45) is 0 Å². The van der Waals surface area contributed by atoms with Crippen molar-refractivity contribution in [3.8, 4) is 11.5 Å². The lowest BCUT2D eigenvalue weighted by molar-refractivity contribution is -0.130. The van der Waals surface area contributed by atoms with Crippen molar-refractivity contribution in [1.29, 1.82) is 0 Å². The number of para-hydroxylation sites is 2. The third kappa shape index (κ3) is 4.13. The molecule has 1 amide bonds. The van der Waals surface area contributed by atoms with Crippen LogP contribution in [0.4, 0.5) is 0 Å². The molecule has 0 saturated heterocycles. The number of hydrogen-bond acceptors (Lipinski definition) is 4. The molecule has 0 saturated carbocycles. The highest BCUT2D eigenvalue weighted by Crippen LogP contribution is 2.30. The topological polar surface area (TPSA) is 56.8 Å². The van der Waals surface area contributed by atoms with E-state index < -0.39 is 6.10 Å². The summed E-state index contributed by atoms with van der Waals surface area (Å²) in [7, 11) is 0. The van der Waals surface area contributed by atoms with Crippen LogP contribution >= 0.6 is 0 Å². The number of carbonyl (C=O) groups excluding carboxylic acids is 1. The molecule has 1 N–H and O–H groups in total. The predicted molar refractivity (Wildman–Crippen MR) is 75.1 cm³/mol. The molecule has 110 valence electrons. The summed E-state index contributed by atoms with van der Waals surface area (Å²) in [5.41, 5.74) is 0. The fourth-order valence-electron chi connectivity index (χ4n) is 1.87. The minimum absolute atomic E-state index is 0.149. The fraction of sp³-hybridized carbons (Fsp3) is 0.533. The molecule has 5 nitrogen and oxygen atoms in total. The lowest BCUT2D eigenvalue weighted by Crippen LogP contribution is -2.44. The third-order valence-corrected chi connectivity index (χ3v) is 2.87. The molecule has 20 heavy (non-hydrogen) atoms. The molecule has 0 aromatic heterocycles. The van der Waals surface area contributed by atoms with Crippen LogP contribution in [0.1, 0.15) is 20.3 Å². The normalized spacial score (nSPS) is 17.1. The highest BCUT2D eigenvalue weighted by molar-refractivity contribution is 5.81. The van der Waals surface area contributed by atoms with Crippen LogP contribution in [0, 0.1) is 0 Å². The Hall–Kier alpha value is -1.75. The highest BCUT2D eigenvalue weighted by atomic mass is 16.6. The van der Waals surface area contributed by atoms with Gasteiger partial charge in [0.1, 0.15) is 6.61 Å². The van der Waals surface area contributed by atoms with E-state index in [1.165, 1.54) is 0 Å². The molecule has 5 heteroatoms. The summed E-state index contributed by atoms with van der Waals surface area (Å²) >= 11 is 0. The van der Waals surface area contributed by atoms with E-state index in [0.29, 0.717) is 24.7 Å². The lowest BCUT2D eigenvalue weighted by Gasteiger charge is -2.25. The van der Waals surface area contributed by atoms with Crippen LogP contribution in [0.2, 0.25) is 0 Å². The monoisotopic (exact) mass is 279 g/mol. The molecule has 1 aromatic carbocycles. The van der Waals surface area contributed by atoms with Gasteiger partial charge in [0.2, 0.25) is 6.10 Å². The fourth-order valence-corrected chi connectivity index (χ4v) is 1.87. The van der Waals surface area contributed by atoms with Crippen LogP contribution in [0.3, 0.4) is 0 Å². The van der Waals surface area contributed by atoms with E-state index in [0.717, 1.165) is 6.42 Å². The van der Waals surface area contributed by atoms with Crippen molar-refractivity contribution in [2.45, 2.75) is 32.5 Å². The summed E-state index contributed by atoms with van der Waals surface area (Å²) in [5.74, 6) is 1.15. The molecule has 0 aliphatic carbocycles. The zero-order valence-electron chi connectivity index (χ0n) is 11.9. The molecule has 2 rings (SSSR count). The molecule has 1 aliphatic heterocycles. The maximum absolute atomic E-state index is 11.9. The zero-order valence-corrected chi connectivity index (χ0v) is 11.9. The maximum atomic E-state index is 11.9. The van der Waals surface area contributed by atoms with Crippen LogP contribution in [0.5, 0.6) is 11.5 Å². The van der Waals surface area contributed by atoms with Crippen LogP contribution in [0.15, 0.2) is 24.3 Å². The summed E-state index contributed by atoms with van der Waals surface area (Å²) in [6, 6.07) is 7.35. The molecule has 0 radical (unpaired) electrons. The average molecular weight is 279 g/mol. The molecular formula is C15H21NO4. The van der Waals surface area contributed by atoms with E-state index in [1.54, 1.807) is 6.07 Å². The lowest BCUT2D eigenvalue weighted by atomic mass is 10.2. The van der Waals surface area contributed by atoms with Crippen molar-refractivity contribution < 1.29 is 19.0 Å². The molecule has 1 aliphatic rings. The van der Waals surface area contributed by atoms with Crippen molar-refractivity contribution >= 4 is 5.91 Å². The van der Waals surface area contributed by atoms with Crippen LogP contribution < -0.4 is 14.8 Å². The van der Waals surface area contributed by atoms with Crippen molar-refractivity contribution in [3.05, 3.63) is 24.3 Å². The Balaban J connectivity index is 1.72. The minimum atomic E-state index is -0.587. The van der Waals surface area contributed by atoms with E-state index in [1.807, 2.05) is 32.0 Å².